The third-order valence-corrected chi connectivity index (χ3v) is 3.27. The standard InChI is InChI=1S/C17H14O/c18-12-14-11-10-13-6-4-5-8-15(13)17-9-3-1-2-7-16(14)17/h1-11,18H,12H2. The summed E-state index contributed by atoms with van der Waals surface area (Å²) in [4.78, 5) is 0. The summed E-state index contributed by atoms with van der Waals surface area (Å²) in [7, 11) is 0. The molecule has 0 aliphatic heterocycles. The molecule has 2 aliphatic carbocycles. The molecule has 0 saturated heterocycles. The van der Waals surface area contributed by atoms with E-state index in [1.165, 1.54) is 16.0 Å². The van der Waals surface area contributed by atoms with Gasteiger partial charge in [-0.05, 0) is 27.2 Å². The highest BCUT2D eigenvalue weighted by Gasteiger charge is 2.11. The Balaban J connectivity index is 2.43. The first-order chi connectivity index (χ1) is 8.90. The van der Waals surface area contributed by atoms with E-state index in [2.05, 4.69) is 30.4 Å². The minimum absolute atomic E-state index is 0.0570. The molecule has 1 aromatic carbocycles. The first kappa shape index (κ1) is 11.0. The van der Waals surface area contributed by atoms with Crippen molar-refractivity contribution in [2.75, 3.05) is 6.61 Å². The van der Waals surface area contributed by atoms with Crippen molar-refractivity contribution in [3.63, 3.8) is 0 Å². The van der Waals surface area contributed by atoms with Crippen molar-refractivity contribution in [3.8, 4) is 0 Å². The molecule has 0 spiro atoms. The van der Waals surface area contributed by atoms with E-state index >= 15 is 0 Å². The monoisotopic (exact) mass is 234 g/mol. The van der Waals surface area contributed by atoms with Gasteiger partial charge in [-0.15, -0.1) is 0 Å². The van der Waals surface area contributed by atoms with Crippen molar-refractivity contribution in [1.29, 1.82) is 0 Å². The van der Waals surface area contributed by atoms with Crippen LogP contribution in [-0.2, 0) is 0 Å². The minimum Gasteiger partial charge on any atom is -0.392 e. The van der Waals surface area contributed by atoms with Gasteiger partial charge in [0.25, 0.3) is 0 Å². The van der Waals surface area contributed by atoms with Crippen LogP contribution in [0.2, 0.25) is 0 Å². The van der Waals surface area contributed by atoms with Crippen LogP contribution in [0.4, 0.5) is 0 Å². The molecule has 1 heteroatoms. The van der Waals surface area contributed by atoms with Crippen LogP contribution in [0.3, 0.4) is 0 Å². The lowest BCUT2D eigenvalue weighted by atomic mass is 9.97. The number of hydrogen-bond donors (Lipinski definition) is 1. The summed E-state index contributed by atoms with van der Waals surface area (Å²) in [5.74, 6) is 0. The lowest BCUT2D eigenvalue weighted by Crippen LogP contribution is -2.25. The van der Waals surface area contributed by atoms with Crippen molar-refractivity contribution in [3.05, 3.63) is 82.3 Å². The Bertz CT molecular complexity index is 712. The molecule has 0 aromatic heterocycles. The second kappa shape index (κ2) is 4.63. The second-order valence-electron chi connectivity index (χ2n) is 4.34. The summed E-state index contributed by atoms with van der Waals surface area (Å²) >= 11 is 0. The summed E-state index contributed by atoms with van der Waals surface area (Å²) in [6.07, 6.45) is 14.3. The third kappa shape index (κ3) is 1.79. The van der Waals surface area contributed by atoms with Gasteiger partial charge >= 0.3 is 0 Å². The van der Waals surface area contributed by atoms with Gasteiger partial charge in [0.2, 0.25) is 0 Å². The molecular weight excluding hydrogens is 220 g/mol. The molecule has 0 heterocycles. The van der Waals surface area contributed by atoms with Crippen molar-refractivity contribution < 1.29 is 5.11 Å². The van der Waals surface area contributed by atoms with Crippen LogP contribution in [0.15, 0.2) is 71.9 Å². The first-order valence-electron chi connectivity index (χ1n) is 6.07. The molecule has 0 bridgehead atoms. The Morgan fingerprint density at radius 3 is 2.67 bits per heavy atom. The summed E-state index contributed by atoms with van der Waals surface area (Å²) in [5, 5.41) is 11.9. The Labute approximate surface area is 106 Å². The molecule has 1 N–H and O–H groups in total. The van der Waals surface area contributed by atoms with Crippen molar-refractivity contribution in [1.82, 2.24) is 0 Å². The van der Waals surface area contributed by atoms with Gasteiger partial charge in [0, 0.05) is 0 Å². The van der Waals surface area contributed by atoms with E-state index in [0.717, 1.165) is 11.1 Å². The van der Waals surface area contributed by atoms with Gasteiger partial charge in [-0.1, -0.05) is 66.8 Å². The zero-order valence-corrected chi connectivity index (χ0v) is 10.0. The Morgan fingerprint density at radius 2 is 1.78 bits per heavy atom. The van der Waals surface area contributed by atoms with E-state index in [1.807, 2.05) is 36.4 Å². The van der Waals surface area contributed by atoms with E-state index in [1.54, 1.807) is 0 Å². The average molecular weight is 234 g/mol. The maximum Gasteiger partial charge on any atom is 0.0687 e. The third-order valence-electron chi connectivity index (χ3n) is 3.27. The number of aliphatic hydroxyl groups is 1. The Kier molecular flexibility index (Phi) is 2.83. The van der Waals surface area contributed by atoms with E-state index in [-0.39, 0.29) is 6.61 Å². The number of benzene rings is 1. The molecule has 1 aromatic rings. The average Bonchev–Trinajstić information content (AvgIpc) is 2.72. The normalized spacial score (nSPS) is 16.8. The predicted octanol–water partition coefficient (Wildman–Crippen LogP) is 1.60. The van der Waals surface area contributed by atoms with Gasteiger partial charge in [-0.25, -0.2) is 0 Å². The quantitative estimate of drug-likeness (QED) is 0.782. The van der Waals surface area contributed by atoms with Gasteiger partial charge in [0.15, 0.2) is 0 Å². The fourth-order valence-electron chi connectivity index (χ4n) is 2.37. The maximum atomic E-state index is 9.54. The molecule has 0 fully saturated rings. The highest BCUT2D eigenvalue weighted by molar-refractivity contribution is 5.82. The molecule has 0 atom stereocenters. The molecular formula is C17H14O. The van der Waals surface area contributed by atoms with E-state index < -0.39 is 0 Å². The lowest BCUT2D eigenvalue weighted by Gasteiger charge is -2.09. The van der Waals surface area contributed by atoms with E-state index in [0.29, 0.717) is 0 Å². The number of hydrogen-bond acceptors (Lipinski definition) is 1. The first-order valence-corrected chi connectivity index (χ1v) is 6.07. The fraction of sp³-hybridized carbons (Fsp3) is 0.0588. The Morgan fingerprint density at radius 1 is 0.889 bits per heavy atom. The molecule has 88 valence electrons. The lowest BCUT2D eigenvalue weighted by molar-refractivity contribution is 0.334. The largest absolute Gasteiger partial charge is 0.392 e. The predicted molar refractivity (Wildman–Crippen MR) is 75.1 cm³/mol. The zero-order chi connectivity index (χ0) is 12.4. The van der Waals surface area contributed by atoms with Crippen LogP contribution in [-0.4, -0.2) is 11.7 Å². The molecule has 0 saturated carbocycles. The van der Waals surface area contributed by atoms with Gasteiger partial charge in [-0.2, -0.15) is 0 Å². The van der Waals surface area contributed by atoms with Crippen LogP contribution < -0.4 is 10.4 Å². The van der Waals surface area contributed by atoms with Crippen LogP contribution in [0.5, 0.6) is 0 Å². The molecule has 18 heavy (non-hydrogen) atoms. The molecule has 1 nitrogen and oxygen atoms in total. The van der Waals surface area contributed by atoms with Crippen LogP contribution in [0.1, 0.15) is 0 Å². The summed E-state index contributed by atoms with van der Waals surface area (Å²) in [5.41, 5.74) is 3.23. The van der Waals surface area contributed by atoms with Gasteiger partial charge < -0.3 is 5.11 Å². The van der Waals surface area contributed by atoms with Crippen LogP contribution in [0.25, 0.3) is 11.6 Å². The highest BCUT2D eigenvalue weighted by atomic mass is 16.3. The van der Waals surface area contributed by atoms with Crippen LogP contribution >= 0.6 is 0 Å². The SMILES string of the molecule is OCC1=CC=c2ccccc2=C2C=CC=CC=C12. The van der Waals surface area contributed by atoms with Crippen molar-refractivity contribution >= 4 is 11.6 Å². The van der Waals surface area contributed by atoms with Crippen LogP contribution in [0, 0.1) is 0 Å². The molecule has 3 rings (SSSR count). The molecule has 2 aliphatic rings. The number of allylic oxidation sites excluding steroid dienone is 6. The van der Waals surface area contributed by atoms with Gasteiger partial charge in [-0.3, -0.25) is 0 Å². The summed E-state index contributed by atoms with van der Waals surface area (Å²) in [6.45, 7) is 0.0570. The molecule has 0 amide bonds. The van der Waals surface area contributed by atoms with Crippen molar-refractivity contribution in [2.24, 2.45) is 0 Å². The van der Waals surface area contributed by atoms with E-state index in [4.69, 9.17) is 0 Å². The fourth-order valence-corrected chi connectivity index (χ4v) is 2.37. The van der Waals surface area contributed by atoms with E-state index in [9.17, 15) is 5.11 Å². The topological polar surface area (TPSA) is 20.2 Å². The second-order valence-corrected chi connectivity index (χ2v) is 4.34. The number of aliphatic hydroxyl groups excluding tert-OH is 1. The minimum atomic E-state index is 0.0570. The van der Waals surface area contributed by atoms with Crippen molar-refractivity contribution in [2.45, 2.75) is 0 Å². The molecule has 0 radical (unpaired) electrons. The summed E-state index contributed by atoms with van der Waals surface area (Å²) < 4.78 is 0. The van der Waals surface area contributed by atoms with Gasteiger partial charge in [0.05, 0.1) is 6.61 Å². The maximum absolute atomic E-state index is 9.54. The Hall–Kier alpha value is -2.12. The zero-order valence-electron chi connectivity index (χ0n) is 10.0. The highest BCUT2D eigenvalue weighted by Crippen LogP contribution is 2.23. The van der Waals surface area contributed by atoms with Gasteiger partial charge in [0.1, 0.15) is 0 Å². The summed E-state index contributed by atoms with van der Waals surface area (Å²) in [6, 6.07) is 8.31. The number of fused-ring (bicyclic) bond motifs is 2. The molecule has 0 unspecified atom stereocenters. The number of rotatable bonds is 1. The smallest absolute Gasteiger partial charge is 0.0687 e.